The summed E-state index contributed by atoms with van der Waals surface area (Å²) >= 11 is 0. The molecule has 1 aromatic heterocycles. The number of carbonyl (C=O) groups excluding carboxylic acids is 1. The Morgan fingerprint density at radius 1 is 1.33 bits per heavy atom. The van der Waals surface area contributed by atoms with Crippen molar-refractivity contribution in [2.75, 3.05) is 0 Å². The Balaban J connectivity index is 1.49. The molecule has 126 valence electrons. The standard InChI is InChI=1S/C21H26N2O/c1-2-15-8-5-9-17-18-13-16(10-11-19(18)23-21(15)17)22-20(24)12-14-6-3-4-7-14/h3,5-6,8-9,14,16,23H,2,4,7,10-13H2,1H3,(H,22,24)/t14-,16+/m0/s1. The zero-order chi connectivity index (χ0) is 16.5. The third-order valence-electron chi connectivity index (χ3n) is 5.62. The van der Waals surface area contributed by atoms with Crippen LogP contribution in [-0.4, -0.2) is 16.9 Å². The number of H-pyrrole nitrogens is 1. The normalized spacial score (nSPS) is 22.7. The molecule has 3 nitrogen and oxygen atoms in total. The third-order valence-corrected chi connectivity index (χ3v) is 5.62. The first-order valence-electron chi connectivity index (χ1n) is 9.32. The van der Waals surface area contributed by atoms with Crippen LogP contribution in [0.2, 0.25) is 0 Å². The number of fused-ring (bicyclic) bond motifs is 3. The van der Waals surface area contributed by atoms with Gasteiger partial charge in [0, 0.05) is 29.1 Å². The molecule has 24 heavy (non-hydrogen) atoms. The van der Waals surface area contributed by atoms with Crippen LogP contribution >= 0.6 is 0 Å². The molecule has 1 aromatic carbocycles. The molecule has 0 radical (unpaired) electrons. The Labute approximate surface area is 143 Å². The number of carbonyl (C=O) groups is 1. The molecule has 3 heteroatoms. The Hall–Kier alpha value is -2.03. The summed E-state index contributed by atoms with van der Waals surface area (Å²) < 4.78 is 0. The third kappa shape index (κ3) is 2.88. The monoisotopic (exact) mass is 322 g/mol. The second kappa shape index (κ2) is 6.46. The lowest BCUT2D eigenvalue weighted by Crippen LogP contribution is -2.39. The predicted molar refractivity (Wildman–Crippen MR) is 98.1 cm³/mol. The molecule has 2 atom stereocenters. The molecule has 0 bridgehead atoms. The van der Waals surface area contributed by atoms with Crippen LogP contribution in [-0.2, 0) is 24.1 Å². The minimum atomic E-state index is 0.217. The number of nitrogens with one attached hydrogen (secondary N) is 2. The minimum absolute atomic E-state index is 0.217. The largest absolute Gasteiger partial charge is 0.358 e. The lowest BCUT2D eigenvalue weighted by Gasteiger charge is -2.24. The van der Waals surface area contributed by atoms with E-state index in [1.165, 1.54) is 27.7 Å². The fourth-order valence-electron chi connectivity index (χ4n) is 4.31. The smallest absolute Gasteiger partial charge is 0.220 e. The summed E-state index contributed by atoms with van der Waals surface area (Å²) in [6.45, 7) is 2.20. The molecule has 0 spiro atoms. The molecule has 2 aromatic rings. The highest BCUT2D eigenvalue weighted by Crippen LogP contribution is 2.31. The van der Waals surface area contributed by atoms with Crippen LogP contribution in [0.1, 0.15) is 49.4 Å². The summed E-state index contributed by atoms with van der Waals surface area (Å²) in [7, 11) is 0. The van der Waals surface area contributed by atoms with Crippen molar-refractivity contribution in [3.8, 4) is 0 Å². The highest BCUT2D eigenvalue weighted by Gasteiger charge is 2.25. The summed E-state index contributed by atoms with van der Waals surface area (Å²) in [6, 6.07) is 6.86. The van der Waals surface area contributed by atoms with E-state index in [0.29, 0.717) is 12.3 Å². The van der Waals surface area contributed by atoms with Crippen molar-refractivity contribution in [1.29, 1.82) is 0 Å². The minimum Gasteiger partial charge on any atom is -0.358 e. The first kappa shape index (κ1) is 15.5. The van der Waals surface area contributed by atoms with Gasteiger partial charge in [-0.1, -0.05) is 37.3 Å². The molecule has 1 amide bonds. The Bertz CT molecular complexity index is 786. The zero-order valence-corrected chi connectivity index (χ0v) is 14.4. The van der Waals surface area contributed by atoms with E-state index in [9.17, 15) is 4.79 Å². The summed E-state index contributed by atoms with van der Waals surface area (Å²) in [6.07, 6.45) is 11.4. The lowest BCUT2D eigenvalue weighted by molar-refractivity contribution is -0.122. The number of para-hydroxylation sites is 1. The number of aryl methyl sites for hydroxylation is 2. The van der Waals surface area contributed by atoms with Crippen LogP contribution in [0.25, 0.3) is 10.9 Å². The quantitative estimate of drug-likeness (QED) is 0.819. The van der Waals surface area contributed by atoms with Gasteiger partial charge in [0.1, 0.15) is 0 Å². The van der Waals surface area contributed by atoms with Crippen molar-refractivity contribution in [2.45, 2.75) is 57.9 Å². The summed E-state index contributed by atoms with van der Waals surface area (Å²) in [5.41, 5.74) is 5.47. The van der Waals surface area contributed by atoms with Gasteiger partial charge in [-0.3, -0.25) is 4.79 Å². The first-order chi connectivity index (χ1) is 11.7. The van der Waals surface area contributed by atoms with Crippen LogP contribution in [0.4, 0.5) is 0 Å². The number of hydrogen-bond donors (Lipinski definition) is 2. The van der Waals surface area contributed by atoms with Gasteiger partial charge >= 0.3 is 0 Å². The molecule has 2 aliphatic rings. The van der Waals surface area contributed by atoms with Gasteiger partial charge < -0.3 is 10.3 Å². The first-order valence-corrected chi connectivity index (χ1v) is 9.32. The van der Waals surface area contributed by atoms with E-state index in [2.05, 4.69) is 47.6 Å². The molecular weight excluding hydrogens is 296 g/mol. The summed E-state index contributed by atoms with van der Waals surface area (Å²) in [4.78, 5) is 16.0. The molecule has 0 saturated heterocycles. The average molecular weight is 322 g/mol. The Morgan fingerprint density at radius 2 is 2.25 bits per heavy atom. The molecule has 0 unspecified atom stereocenters. The van der Waals surface area contributed by atoms with Gasteiger partial charge in [-0.25, -0.2) is 0 Å². The van der Waals surface area contributed by atoms with E-state index in [4.69, 9.17) is 0 Å². The van der Waals surface area contributed by atoms with Gasteiger partial charge in [0.2, 0.25) is 5.91 Å². The van der Waals surface area contributed by atoms with Gasteiger partial charge in [0.25, 0.3) is 0 Å². The van der Waals surface area contributed by atoms with Crippen molar-refractivity contribution in [3.63, 3.8) is 0 Å². The van der Waals surface area contributed by atoms with Gasteiger partial charge in [-0.05, 0) is 55.6 Å². The number of allylic oxidation sites excluding steroid dienone is 2. The number of aromatic amines is 1. The number of rotatable bonds is 4. The topological polar surface area (TPSA) is 44.9 Å². The Morgan fingerprint density at radius 3 is 3.04 bits per heavy atom. The van der Waals surface area contributed by atoms with Gasteiger partial charge in [0.15, 0.2) is 0 Å². The lowest BCUT2D eigenvalue weighted by atomic mass is 9.90. The maximum atomic E-state index is 12.3. The molecule has 0 saturated carbocycles. The van der Waals surface area contributed by atoms with Gasteiger partial charge in [-0.15, -0.1) is 0 Å². The summed E-state index contributed by atoms with van der Waals surface area (Å²) in [5, 5.41) is 4.63. The zero-order valence-electron chi connectivity index (χ0n) is 14.4. The summed E-state index contributed by atoms with van der Waals surface area (Å²) in [5.74, 6) is 0.665. The molecule has 0 fully saturated rings. The van der Waals surface area contributed by atoms with E-state index in [1.54, 1.807) is 0 Å². The van der Waals surface area contributed by atoms with Crippen LogP contribution in [0, 0.1) is 5.92 Å². The van der Waals surface area contributed by atoms with E-state index >= 15 is 0 Å². The molecule has 0 aliphatic heterocycles. The van der Waals surface area contributed by atoms with Crippen molar-refractivity contribution in [3.05, 3.63) is 47.2 Å². The predicted octanol–water partition coefficient (Wildman–Crippen LogP) is 4.06. The van der Waals surface area contributed by atoms with Crippen molar-refractivity contribution in [1.82, 2.24) is 10.3 Å². The van der Waals surface area contributed by atoms with Crippen LogP contribution in [0.15, 0.2) is 30.4 Å². The fourth-order valence-corrected chi connectivity index (χ4v) is 4.31. The molecule has 1 heterocycles. The van der Waals surface area contributed by atoms with Crippen molar-refractivity contribution >= 4 is 16.8 Å². The van der Waals surface area contributed by atoms with E-state index in [0.717, 1.165) is 38.5 Å². The molecule has 4 rings (SSSR count). The number of benzene rings is 1. The van der Waals surface area contributed by atoms with Crippen LogP contribution < -0.4 is 5.32 Å². The highest BCUT2D eigenvalue weighted by molar-refractivity contribution is 5.88. The molecule has 2 N–H and O–H groups in total. The Kier molecular flexibility index (Phi) is 4.17. The highest BCUT2D eigenvalue weighted by atomic mass is 16.1. The van der Waals surface area contributed by atoms with E-state index < -0.39 is 0 Å². The second-order valence-corrected chi connectivity index (χ2v) is 7.25. The number of hydrogen-bond acceptors (Lipinski definition) is 1. The number of amides is 1. The molecule has 2 aliphatic carbocycles. The van der Waals surface area contributed by atoms with Gasteiger partial charge in [0.05, 0.1) is 0 Å². The fraction of sp³-hybridized carbons (Fsp3) is 0.476. The average Bonchev–Trinajstić information content (AvgIpc) is 3.21. The molecular formula is C21H26N2O. The van der Waals surface area contributed by atoms with E-state index in [1.807, 2.05) is 0 Å². The van der Waals surface area contributed by atoms with Crippen molar-refractivity contribution < 1.29 is 4.79 Å². The van der Waals surface area contributed by atoms with Crippen LogP contribution in [0.5, 0.6) is 0 Å². The van der Waals surface area contributed by atoms with Crippen molar-refractivity contribution in [2.24, 2.45) is 5.92 Å². The second-order valence-electron chi connectivity index (χ2n) is 7.25. The van der Waals surface area contributed by atoms with E-state index in [-0.39, 0.29) is 11.9 Å². The van der Waals surface area contributed by atoms with Gasteiger partial charge in [-0.2, -0.15) is 0 Å². The van der Waals surface area contributed by atoms with Crippen LogP contribution in [0.3, 0.4) is 0 Å². The SMILES string of the molecule is CCc1cccc2c3c([nH]c12)CC[C@@H](NC(=O)C[C@H]1C=CCC1)C3. The maximum absolute atomic E-state index is 12.3. The number of aromatic nitrogens is 1. The maximum Gasteiger partial charge on any atom is 0.220 e.